The highest BCUT2D eigenvalue weighted by Crippen LogP contribution is 2.41. The average molecular weight is 499 g/mol. The van der Waals surface area contributed by atoms with Gasteiger partial charge in [-0.15, -0.1) is 10.2 Å². The maximum atomic E-state index is 7.33. The highest BCUT2D eigenvalue weighted by atomic mass is 35.5. The van der Waals surface area contributed by atoms with Gasteiger partial charge in [-0.25, -0.2) is 4.85 Å². The first-order valence-corrected chi connectivity index (χ1v) is 15.0. The zero-order valence-corrected chi connectivity index (χ0v) is 22.8. The van der Waals surface area contributed by atoms with E-state index in [-0.39, 0.29) is 17.2 Å². The molecule has 2 aromatic carbocycles. The molecule has 2 atom stereocenters. The van der Waals surface area contributed by atoms with Gasteiger partial charge < -0.3 is 9.74 Å². The van der Waals surface area contributed by atoms with E-state index in [1.165, 1.54) is 0 Å². The van der Waals surface area contributed by atoms with Crippen molar-refractivity contribution < 1.29 is 4.43 Å². The molecule has 3 rings (SSSR count). The van der Waals surface area contributed by atoms with Gasteiger partial charge >= 0.3 is 0 Å². The minimum atomic E-state index is -2.03. The fourth-order valence-corrected chi connectivity index (χ4v) is 5.85. The monoisotopic (exact) mass is 498 g/mol. The maximum Gasteiger partial charge on any atom is 0.205 e. The molecule has 174 valence electrons. The number of nitrogens with zero attached hydrogens (tertiary/aromatic N) is 3. The number of rotatable bonds is 7. The smallest absolute Gasteiger partial charge is 0.205 e. The van der Waals surface area contributed by atoms with E-state index < -0.39 is 8.32 Å². The van der Waals surface area contributed by atoms with Crippen LogP contribution in [0.25, 0.3) is 15.4 Å². The molecule has 0 saturated carbocycles. The van der Waals surface area contributed by atoms with Crippen LogP contribution < -0.4 is 5.32 Å². The first-order chi connectivity index (χ1) is 15.4. The van der Waals surface area contributed by atoms with Crippen molar-refractivity contribution in [1.29, 1.82) is 0 Å². The minimum Gasteiger partial charge on any atom is -0.412 e. The van der Waals surface area contributed by atoms with Gasteiger partial charge in [-0.05, 0) is 43.6 Å². The van der Waals surface area contributed by atoms with Gasteiger partial charge in [-0.1, -0.05) is 80.1 Å². The highest BCUT2D eigenvalue weighted by molar-refractivity contribution is 7.14. The predicted octanol–water partition coefficient (Wildman–Crippen LogP) is 8.28. The molecule has 0 aliphatic rings. The van der Waals surface area contributed by atoms with E-state index in [0.29, 0.717) is 10.7 Å². The van der Waals surface area contributed by atoms with Gasteiger partial charge in [0, 0.05) is 11.3 Å². The van der Waals surface area contributed by atoms with Crippen LogP contribution in [0, 0.1) is 13.5 Å². The van der Waals surface area contributed by atoms with Crippen molar-refractivity contribution in [2.75, 3.05) is 5.32 Å². The predicted molar refractivity (Wildman–Crippen MR) is 142 cm³/mol. The zero-order valence-electron chi connectivity index (χ0n) is 20.2. The van der Waals surface area contributed by atoms with Gasteiger partial charge in [0.05, 0.1) is 17.7 Å². The molecule has 0 spiro atoms. The fourth-order valence-electron chi connectivity index (χ4n) is 3.23. The Kier molecular flexibility index (Phi) is 7.64. The van der Waals surface area contributed by atoms with E-state index >= 15 is 0 Å². The molecule has 5 nitrogen and oxygen atoms in total. The van der Waals surface area contributed by atoms with E-state index in [1.54, 1.807) is 17.4 Å². The SMILES string of the molecule is [C-]#[N+]c1ccc(N[C@@H](c2nnc(-c3ccccc3)s2)[C@H](C)O[Si](C)(C)C(C)(C)C)c(C)c1Cl. The standard InChI is InChI=1S/C25H31ClN4OSSi/c1-16-19(14-15-20(27-6)21(16)26)28-22(17(2)31-33(7,8)25(3,4)5)24-30-29-23(32-24)18-12-10-9-11-13-18/h9-15,17,22,28H,1-5,7-8H3/t17-,22+/m0/s1. The van der Waals surface area contributed by atoms with Crippen molar-refractivity contribution in [3.8, 4) is 10.6 Å². The number of hydrogen-bond acceptors (Lipinski definition) is 5. The van der Waals surface area contributed by atoms with Crippen LogP contribution in [0.15, 0.2) is 42.5 Å². The summed E-state index contributed by atoms with van der Waals surface area (Å²) in [6.45, 7) is 22.6. The lowest BCUT2D eigenvalue weighted by atomic mass is 10.1. The van der Waals surface area contributed by atoms with Crippen molar-refractivity contribution in [2.45, 2.75) is 64.9 Å². The van der Waals surface area contributed by atoms with Crippen LogP contribution in [-0.4, -0.2) is 24.6 Å². The highest BCUT2D eigenvalue weighted by Gasteiger charge is 2.40. The molecule has 1 N–H and O–H groups in total. The first kappa shape index (κ1) is 25.4. The van der Waals surface area contributed by atoms with Crippen molar-refractivity contribution in [1.82, 2.24) is 10.2 Å². The number of aromatic nitrogens is 2. The topological polar surface area (TPSA) is 51.4 Å². The molecule has 8 heteroatoms. The zero-order chi connectivity index (χ0) is 24.4. The van der Waals surface area contributed by atoms with Gasteiger partial charge in [0.15, 0.2) is 8.32 Å². The van der Waals surface area contributed by atoms with Crippen molar-refractivity contribution in [3.05, 3.63) is 69.5 Å². The Bertz CT molecular complexity index is 1150. The van der Waals surface area contributed by atoms with Gasteiger partial charge in [0.2, 0.25) is 5.69 Å². The van der Waals surface area contributed by atoms with Crippen LogP contribution in [0.1, 0.15) is 44.3 Å². The molecule has 33 heavy (non-hydrogen) atoms. The average Bonchev–Trinajstić information content (AvgIpc) is 3.24. The maximum absolute atomic E-state index is 7.33. The second-order valence-corrected chi connectivity index (χ2v) is 15.8. The summed E-state index contributed by atoms with van der Waals surface area (Å²) in [4.78, 5) is 3.51. The molecule has 0 unspecified atom stereocenters. The lowest BCUT2D eigenvalue weighted by Gasteiger charge is -2.40. The summed E-state index contributed by atoms with van der Waals surface area (Å²) in [5, 5.41) is 14.9. The van der Waals surface area contributed by atoms with Crippen LogP contribution in [0.3, 0.4) is 0 Å². The number of hydrogen-bond donors (Lipinski definition) is 1. The second-order valence-electron chi connectivity index (χ2n) is 9.70. The summed E-state index contributed by atoms with van der Waals surface area (Å²) < 4.78 is 6.75. The van der Waals surface area contributed by atoms with Crippen LogP contribution in [0.4, 0.5) is 11.4 Å². The van der Waals surface area contributed by atoms with Gasteiger partial charge in [-0.3, -0.25) is 0 Å². The molecule has 0 aliphatic heterocycles. The Balaban J connectivity index is 2.00. The number of halogens is 1. The lowest BCUT2D eigenvalue weighted by Crippen LogP contribution is -2.45. The third-order valence-electron chi connectivity index (χ3n) is 6.28. The first-order valence-electron chi connectivity index (χ1n) is 10.9. The lowest BCUT2D eigenvalue weighted by molar-refractivity contribution is 0.177. The van der Waals surface area contributed by atoms with Crippen molar-refractivity contribution in [3.63, 3.8) is 0 Å². The van der Waals surface area contributed by atoms with E-state index in [0.717, 1.165) is 26.8 Å². The number of benzene rings is 2. The van der Waals surface area contributed by atoms with E-state index in [1.807, 2.05) is 43.3 Å². The minimum absolute atomic E-state index is 0.0820. The molecular weight excluding hydrogens is 468 g/mol. The summed E-state index contributed by atoms with van der Waals surface area (Å²) in [6, 6.07) is 13.5. The third-order valence-corrected chi connectivity index (χ3v) is 12.4. The summed E-state index contributed by atoms with van der Waals surface area (Å²) in [6.07, 6.45) is -0.152. The van der Waals surface area contributed by atoms with E-state index in [4.69, 9.17) is 22.6 Å². The van der Waals surface area contributed by atoms with Gasteiger partial charge in [0.1, 0.15) is 16.1 Å². The Morgan fingerprint density at radius 3 is 2.39 bits per heavy atom. The molecule has 0 fully saturated rings. The third kappa shape index (κ3) is 5.64. The number of nitrogens with one attached hydrogen (secondary N) is 1. The van der Waals surface area contributed by atoms with Crippen LogP contribution >= 0.6 is 22.9 Å². The molecule has 0 bridgehead atoms. The molecule has 1 heterocycles. The van der Waals surface area contributed by atoms with Crippen molar-refractivity contribution >= 4 is 42.6 Å². The molecule has 0 saturated heterocycles. The molecular formula is C25H31ClN4OSSi. The molecule has 1 aromatic heterocycles. The van der Waals surface area contributed by atoms with Crippen molar-refractivity contribution in [2.24, 2.45) is 0 Å². The van der Waals surface area contributed by atoms with Crippen LogP contribution in [0.5, 0.6) is 0 Å². The summed E-state index contributed by atoms with van der Waals surface area (Å²) in [7, 11) is -2.03. The quantitative estimate of drug-likeness (QED) is 0.263. The van der Waals surface area contributed by atoms with E-state index in [9.17, 15) is 0 Å². The Hall–Kier alpha value is -2.24. The fraction of sp³-hybridized carbons (Fsp3) is 0.400. The molecule has 3 aromatic rings. The number of anilines is 1. The largest absolute Gasteiger partial charge is 0.412 e. The van der Waals surface area contributed by atoms with Gasteiger partial charge in [-0.2, -0.15) is 0 Å². The molecule has 0 radical (unpaired) electrons. The van der Waals surface area contributed by atoms with E-state index in [2.05, 4.69) is 61.1 Å². The Morgan fingerprint density at radius 1 is 1.12 bits per heavy atom. The molecule has 0 aliphatic carbocycles. The summed E-state index contributed by atoms with van der Waals surface area (Å²) >= 11 is 8.02. The van der Waals surface area contributed by atoms with Crippen LogP contribution in [0.2, 0.25) is 23.2 Å². The summed E-state index contributed by atoms with van der Waals surface area (Å²) in [5.41, 5.74) is 3.18. The Morgan fingerprint density at radius 2 is 1.79 bits per heavy atom. The molecule has 0 amide bonds. The summed E-state index contributed by atoms with van der Waals surface area (Å²) in [5.74, 6) is 0. The van der Waals surface area contributed by atoms with Crippen LogP contribution in [-0.2, 0) is 4.43 Å². The second kappa shape index (κ2) is 9.94. The normalized spacial score (nSPS) is 13.9. The van der Waals surface area contributed by atoms with Gasteiger partial charge in [0.25, 0.3) is 0 Å². The Labute approximate surface area is 207 Å².